The molecule has 34 heavy (non-hydrogen) atoms. The number of ether oxygens (including phenoxy) is 2. The van der Waals surface area contributed by atoms with Crippen molar-refractivity contribution in [3.8, 4) is 11.5 Å². The Kier molecular flexibility index (Phi) is 7.57. The molecule has 4 rings (SSSR count). The first-order valence-corrected chi connectivity index (χ1v) is 12.5. The van der Waals surface area contributed by atoms with Gasteiger partial charge in [-0.2, -0.15) is 4.98 Å². The number of nitrogens with zero attached hydrogens (tertiary/aromatic N) is 3. The smallest absolute Gasteiger partial charge is 0.227 e. The van der Waals surface area contributed by atoms with Gasteiger partial charge in [0.25, 0.3) is 0 Å². The summed E-state index contributed by atoms with van der Waals surface area (Å²) in [5, 5.41) is 8.71. The Morgan fingerprint density at radius 1 is 1.12 bits per heavy atom. The molecule has 0 saturated carbocycles. The van der Waals surface area contributed by atoms with Crippen molar-refractivity contribution in [2.24, 2.45) is 0 Å². The molecule has 3 aromatic rings. The van der Waals surface area contributed by atoms with Gasteiger partial charge < -0.3 is 14.8 Å². The molecule has 1 atom stereocenters. The zero-order chi connectivity index (χ0) is 24.1. The number of ketones is 1. The van der Waals surface area contributed by atoms with E-state index in [1.807, 2.05) is 50.2 Å². The summed E-state index contributed by atoms with van der Waals surface area (Å²) in [5.74, 6) is 2.72. The Labute approximate surface area is 204 Å². The number of hydrogen-bond acceptors (Lipinski definition) is 7. The van der Waals surface area contributed by atoms with Crippen molar-refractivity contribution in [1.29, 1.82) is 0 Å². The average molecular weight is 479 g/mol. The summed E-state index contributed by atoms with van der Waals surface area (Å²) in [7, 11) is 0. The Hall–Kier alpha value is -3.26. The van der Waals surface area contributed by atoms with Gasteiger partial charge in [-0.3, -0.25) is 4.79 Å². The van der Waals surface area contributed by atoms with E-state index in [2.05, 4.69) is 24.4 Å². The molecule has 0 amide bonds. The van der Waals surface area contributed by atoms with E-state index in [-0.39, 0.29) is 5.78 Å². The fraction of sp³-hybridized carbons (Fsp3) is 0.346. The topological polar surface area (TPSA) is 78.3 Å². The van der Waals surface area contributed by atoms with Crippen LogP contribution in [0.2, 0.25) is 0 Å². The number of nitrogens with one attached hydrogen (secondary N) is 1. The number of hydrogen-bond donors (Lipinski definition) is 1. The second-order valence-corrected chi connectivity index (χ2v) is 8.99. The summed E-state index contributed by atoms with van der Waals surface area (Å²) in [6.45, 7) is 8.62. The zero-order valence-electron chi connectivity index (χ0n) is 20.0. The number of thioether (sulfide) groups is 1. The minimum atomic E-state index is -0.410. The van der Waals surface area contributed by atoms with Crippen LogP contribution in [0.5, 0.6) is 11.5 Å². The van der Waals surface area contributed by atoms with Gasteiger partial charge in [-0.25, -0.2) is 4.68 Å². The van der Waals surface area contributed by atoms with Crippen LogP contribution >= 0.6 is 11.8 Å². The molecule has 1 aromatic heterocycles. The molecule has 2 heterocycles. The third-order valence-electron chi connectivity index (χ3n) is 5.47. The number of anilines is 1. The lowest BCUT2D eigenvalue weighted by Crippen LogP contribution is -2.27. The monoisotopic (exact) mass is 478 g/mol. The van der Waals surface area contributed by atoms with Crippen LogP contribution in [0.25, 0.3) is 0 Å². The van der Waals surface area contributed by atoms with Crippen molar-refractivity contribution >= 4 is 23.5 Å². The summed E-state index contributed by atoms with van der Waals surface area (Å²) >= 11 is 1.57. The van der Waals surface area contributed by atoms with E-state index in [9.17, 15) is 4.79 Å². The molecule has 0 fully saturated rings. The van der Waals surface area contributed by atoms with Crippen LogP contribution in [0.3, 0.4) is 0 Å². The highest BCUT2D eigenvalue weighted by Crippen LogP contribution is 2.40. The van der Waals surface area contributed by atoms with Gasteiger partial charge in [-0.1, -0.05) is 55.1 Å². The van der Waals surface area contributed by atoms with Gasteiger partial charge in [-0.15, -0.1) is 5.10 Å². The Bertz CT molecular complexity index is 1190. The highest BCUT2D eigenvalue weighted by atomic mass is 32.2. The Balaban J connectivity index is 1.71. The molecule has 1 N–H and O–H groups in total. The SMILES string of the molecule is CCCOc1ccc(C2C(C(C)=O)=C(C)Nc3nc(SCc4ccccc4)nn32)cc1OCC. The summed E-state index contributed by atoms with van der Waals surface area (Å²) in [6, 6.07) is 15.6. The molecule has 0 radical (unpaired) electrons. The molecule has 0 saturated heterocycles. The molecule has 0 aliphatic carbocycles. The van der Waals surface area contributed by atoms with Gasteiger partial charge >= 0.3 is 0 Å². The molecule has 178 valence electrons. The molecule has 0 bridgehead atoms. The highest BCUT2D eigenvalue weighted by Gasteiger charge is 2.33. The van der Waals surface area contributed by atoms with Crippen molar-refractivity contribution in [3.63, 3.8) is 0 Å². The molecular weight excluding hydrogens is 448 g/mol. The van der Waals surface area contributed by atoms with Crippen LogP contribution in [0.4, 0.5) is 5.95 Å². The highest BCUT2D eigenvalue weighted by molar-refractivity contribution is 7.98. The van der Waals surface area contributed by atoms with Crippen molar-refractivity contribution < 1.29 is 14.3 Å². The lowest BCUT2D eigenvalue weighted by molar-refractivity contribution is -0.114. The maximum absolute atomic E-state index is 12.7. The van der Waals surface area contributed by atoms with Gasteiger partial charge in [0, 0.05) is 17.0 Å². The van der Waals surface area contributed by atoms with Crippen molar-refractivity contribution in [2.45, 2.75) is 51.1 Å². The molecule has 1 unspecified atom stereocenters. The molecular formula is C26H30N4O3S. The second kappa shape index (κ2) is 10.8. The number of benzene rings is 2. The summed E-state index contributed by atoms with van der Waals surface area (Å²) in [5.41, 5.74) is 3.53. The number of Topliss-reactive ketones (excluding diaryl/α,β-unsaturated/α-hetero) is 1. The first kappa shape index (κ1) is 23.9. The first-order valence-electron chi connectivity index (χ1n) is 11.5. The minimum absolute atomic E-state index is 0.0149. The fourth-order valence-corrected chi connectivity index (χ4v) is 4.76. The predicted octanol–water partition coefficient (Wildman–Crippen LogP) is 5.64. The third kappa shape index (κ3) is 5.12. The summed E-state index contributed by atoms with van der Waals surface area (Å²) < 4.78 is 13.5. The number of carbonyl (C=O) groups is 1. The fourth-order valence-electron chi connectivity index (χ4n) is 3.97. The van der Waals surface area contributed by atoms with Gasteiger partial charge in [0.15, 0.2) is 17.3 Å². The molecule has 8 heteroatoms. The standard InChI is InChI=1S/C26H30N4O3S/c1-5-14-33-21-13-12-20(15-22(21)32-6-2)24-23(18(4)31)17(3)27-25-28-26(29-30(24)25)34-16-19-10-8-7-9-11-19/h7-13,15,24H,5-6,14,16H2,1-4H3,(H,27,28,29). The maximum Gasteiger partial charge on any atom is 0.227 e. The molecule has 2 aromatic carbocycles. The molecule has 1 aliphatic rings. The third-order valence-corrected chi connectivity index (χ3v) is 6.38. The molecule has 0 spiro atoms. The summed E-state index contributed by atoms with van der Waals surface area (Å²) in [6.07, 6.45) is 0.907. The van der Waals surface area contributed by atoms with E-state index in [1.54, 1.807) is 23.4 Å². The van der Waals surface area contributed by atoms with Crippen LogP contribution in [0, 0.1) is 0 Å². The van der Waals surface area contributed by atoms with E-state index in [1.165, 1.54) is 5.56 Å². The number of fused-ring (bicyclic) bond motifs is 1. The number of aromatic nitrogens is 3. The molecule has 1 aliphatic heterocycles. The van der Waals surface area contributed by atoms with Crippen molar-refractivity contribution in [3.05, 3.63) is 70.9 Å². The van der Waals surface area contributed by atoms with Crippen molar-refractivity contribution in [2.75, 3.05) is 18.5 Å². The van der Waals surface area contributed by atoms with E-state index in [4.69, 9.17) is 19.6 Å². The van der Waals surface area contributed by atoms with Crippen LogP contribution in [0.1, 0.15) is 51.3 Å². The lowest BCUT2D eigenvalue weighted by Gasteiger charge is -2.28. The number of allylic oxidation sites excluding steroid dienone is 2. The largest absolute Gasteiger partial charge is 0.490 e. The van der Waals surface area contributed by atoms with Gasteiger partial charge in [0.05, 0.1) is 13.2 Å². The Morgan fingerprint density at radius 3 is 2.62 bits per heavy atom. The normalized spacial score (nSPS) is 15.0. The second-order valence-electron chi connectivity index (χ2n) is 8.05. The molecule has 7 nitrogen and oxygen atoms in total. The number of rotatable bonds is 10. The van der Waals surface area contributed by atoms with Gasteiger partial charge in [-0.05, 0) is 50.5 Å². The van der Waals surface area contributed by atoms with Crippen LogP contribution < -0.4 is 14.8 Å². The average Bonchev–Trinajstić information content (AvgIpc) is 3.24. The number of carbonyl (C=O) groups excluding carboxylic acids is 1. The summed E-state index contributed by atoms with van der Waals surface area (Å²) in [4.78, 5) is 17.4. The quantitative estimate of drug-likeness (QED) is 0.378. The first-order chi connectivity index (χ1) is 16.5. The minimum Gasteiger partial charge on any atom is -0.490 e. The van der Waals surface area contributed by atoms with Crippen molar-refractivity contribution in [1.82, 2.24) is 14.8 Å². The maximum atomic E-state index is 12.7. The van der Waals surface area contributed by atoms with Gasteiger partial charge in [0.2, 0.25) is 11.1 Å². The zero-order valence-corrected chi connectivity index (χ0v) is 20.8. The predicted molar refractivity (Wildman–Crippen MR) is 135 cm³/mol. The van der Waals surface area contributed by atoms with E-state index in [0.717, 1.165) is 23.4 Å². The Morgan fingerprint density at radius 2 is 1.91 bits per heavy atom. The van der Waals surface area contributed by atoms with E-state index < -0.39 is 6.04 Å². The van der Waals surface area contributed by atoms with Crippen LogP contribution in [0.15, 0.2) is 65.0 Å². The van der Waals surface area contributed by atoms with E-state index >= 15 is 0 Å². The van der Waals surface area contributed by atoms with Crippen LogP contribution in [-0.2, 0) is 10.5 Å². The lowest BCUT2D eigenvalue weighted by atomic mass is 9.93. The van der Waals surface area contributed by atoms with E-state index in [0.29, 0.717) is 41.4 Å². The van der Waals surface area contributed by atoms with Gasteiger partial charge in [0.1, 0.15) is 6.04 Å². The van der Waals surface area contributed by atoms with Crippen LogP contribution in [-0.4, -0.2) is 33.8 Å².